The van der Waals surface area contributed by atoms with Gasteiger partial charge in [-0.3, -0.25) is 0 Å². The lowest BCUT2D eigenvalue weighted by molar-refractivity contribution is 0.462. The van der Waals surface area contributed by atoms with Crippen LogP contribution in [0.15, 0.2) is 12.7 Å². The number of allylic oxidation sites excluding steroid dienone is 1. The molecule has 0 aliphatic carbocycles. The summed E-state index contributed by atoms with van der Waals surface area (Å²) in [7, 11) is 0. The van der Waals surface area contributed by atoms with Gasteiger partial charge in [0.15, 0.2) is 0 Å². The first kappa shape index (κ1) is 11.7. The van der Waals surface area contributed by atoms with E-state index in [0.717, 1.165) is 12.5 Å². The Balaban J connectivity index is 3.09. The molecule has 0 amide bonds. The number of hydrogen-bond acceptors (Lipinski definition) is 1. The SMILES string of the molecule is C=CCCCC(C)CCNCC. The Kier molecular flexibility index (Phi) is 8.57. The second-order valence-electron chi connectivity index (χ2n) is 3.47. The maximum atomic E-state index is 3.72. The predicted molar refractivity (Wildman–Crippen MR) is 56.4 cm³/mol. The van der Waals surface area contributed by atoms with Crippen LogP contribution in [0.4, 0.5) is 0 Å². The molecule has 0 aliphatic rings. The van der Waals surface area contributed by atoms with Gasteiger partial charge in [-0.05, 0) is 38.3 Å². The van der Waals surface area contributed by atoms with Gasteiger partial charge in [0.25, 0.3) is 0 Å². The van der Waals surface area contributed by atoms with Crippen molar-refractivity contribution in [2.75, 3.05) is 13.1 Å². The van der Waals surface area contributed by atoms with Crippen LogP contribution in [-0.4, -0.2) is 13.1 Å². The fourth-order valence-corrected chi connectivity index (χ4v) is 1.28. The minimum absolute atomic E-state index is 0.865. The molecule has 0 aromatic heterocycles. The van der Waals surface area contributed by atoms with Crippen molar-refractivity contribution in [1.29, 1.82) is 0 Å². The van der Waals surface area contributed by atoms with E-state index in [4.69, 9.17) is 0 Å². The molecule has 0 rings (SSSR count). The zero-order chi connectivity index (χ0) is 9.23. The quantitative estimate of drug-likeness (QED) is 0.435. The third kappa shape index (κ3) is 7.80. The van der Waals surface area contributed by atoms with E-state index in [1.54, 1.807) is 0 Å². The minimum Gasteiger partial charge on any atom is -0.317 e. The highest BCUT2D eigenvalue weighted by molar-refractivity contribution is 4.67. The summed E-state index contributed by atoms with van der Waals surface area (Å²) >= 11 is 0. The van der Waals surface area contributed by atoms with E-state index in [1.807, 2.05) is 6.08 Å². The number of hydrogen-bond donors (Lipinski definition) is 1. The van der Waals surface area contributed by atoms with Crippen LogP contribution in [0.2, 0.25) is 0 Å². The fraction of sp³-hybridized carbons (Fsp3) is 0.818. The van der Waals surface area contributed by atoms with Crippen LogP contribution in [0, 0.1) is 5.92 Å². The topological polar surface area (TPSA) is 12.0 Å². The summed E-state index contributed by atoms with van der Waals surface area (Å²) < 4.78 is 0. The van der Waals surface area contributed by atoms with Gasteiger partial charge >= 0.3 is 0 Å². The van der Waals surface area contributed by atoms with Gasteiger partial charge in [0.1, 0.15) is 0 Å². The summed E-state index contributed by atoms with van der Waals surface area (Å²) in [4.78, 5) is 0. The van der Waals surface area contributed by atoms with Crippen molar-refractivity contribution in [3.8, 4) is 0 Å². The van der Waals surface area contributed by atoms with Gasteiger partial charge in [0, 0.05) is 0 Å². The average molecular weight is 169 g/mol. The van der Waals surface area contributed by atoms with Gasteiger partial charge in [-0.1, -0.05) is 26.3 Å². The van der Waals surface area contributed by atoms with E-state index < -0.39 is 0 Å². The van der Waals surface area contributed by atoms with Crippen molar-refractivity contribution in [3.63, 3.8) is 0 Å². The number of unbranched alkanes of at least 4 members (excludes halogenated alkanes) is 1. The standard InChI is InChI=1S/C11H23N/c1-4-6-7-8-11(3)9-10-12-5-2/h4,11-12H,1,5-10H2,2-3H3. The van der Waals surface area contributed by atoms with E-state index in [1.165, 1.54) is 32.2 Å². The molecule has 1 heteroatoms. The van der Waals surface area contributed by atoms with Crippen molar-refractivity contribution in [3.05, 3.63) is 12.7 Å². The summed E-state index contributed by atoms with van der Waals surface area (Å²) in [5.74, 6) is 0.865. The molecule has 0 saturated heterocycles. The van der Waals surface area contributed by atoms with Gasteiger partial charge in [-0.15, -0.1) is 6.58 Å². The molecule has 1 nitrogen and oxygen atoms in total. The zero-order valence-corrected chi connectivity index (χ0v) is 8.60. The second-order valence-corrected chi connectivity index (χ2v) is 3.47. The van der Waals surface area contributed by atoms with Crippen LogP contribution in [0.1, 0.15) is 39.5 Å². The lowest BCUT2D eigenvalue weighted by atomic mass is 10.0. The monoisotopic (exact) mass is 169 g/mol. The van der Waals surface area contributed by atoms with Crippen molar-refractivity contribution < 1.29 is 0 Å². The van der Waals surface area contributed by atoms with Crippen LogP contribution >= 0.6 is 0 Å². The summed E-state index contributed by atoms with van der Waals surface area (Å²) in [5, 5.41) is 3.35. The molecular formula is C11H23N. The molecule has 72 valence electrons. The highest BCUT2D eigenvalue weighted by atomic mass is 14.8. The molecule has 1 atom stereocenters. The van der Waals surface area contributed by atoms with Crippen LogP contribution in [0.5, 0.6) is 0 Å². The Morgan fingerprint density at radius 2 is 2.17 bits per heavy atom. The Labute approximate surface area is 77.2 Å². The molecule has 0 spiro atoms. The highest BCUT2D eigenvalue weighted by Gasteiger charge is 1.99. The maximum Gasteiger partial charge on any atom is -0.00465 e. The van der Waals surface area contributed by atoms with Crippen LogP contribution in [-0.2, 0) is 0 Å². The average Bonchev–Trinajstić information content (AvgIpc) is 2.06. The summed E-state index contributed by atoms with van der Waals surface area (Å²) in [6.07, 6.45) is 7.14. The van der Waals surface area contributed by atoms with Gasteiger partial charge in [-0.2, -0.15) is 0 Å². The first-order chi connectivity index (χ1) is 5.81. The Hall–Kier alpha value is -0.300. The Bertz CT molecular complexity index is 99.2. The minimum atomic E-state index is 0.865. The predicted octanol–water partition coefficient (Wildman–Crippen LogP) is 2.98. The molecule has 0 fully saturated rings. The van der Waals surface area contributed by atoms with E-state index in [0.29, 0.717) is 0 Å². The number of nitrogens with one attached hydrogen (secondary N) is 1. The van der Waals surface area contributed by atoms with Crippen molar-refractivity contribution in [1.82, 2.24) is 5.32 Å². The molecule has 1 N–H and O–H groups in total. The summed E-state index contributed by atoms with van der Waals surface area (Å²) in [6.45, 7) is 10.5. The van der Waals surface area contributed by atoms with E-state index in [9.17, 15) is 0 Å². The molecule has 0 aliphatic heterocycles. The molecule has 0 bridgehead atoms. The maximum absolute atomic E-state index is 3.72. The largest absolute Gasteiger partial charge is 0.317 e. The Morgan fingerprint density at radius 1 is 1.42 bits per heavy atom. The molecule has 0 aromatic rings. The highest BCUT2D eigenvalue weighted by Crippen LogP contribution is 2.10. The molecule has 1 unspecified atom stereocenters. The molecule has 0 saturated carbocycles. The first-order valence-corrected chi connectivity index (χ1v) is 5.12. The van der Waals surface area contributed by atoms with E-state index >= 15 is 0 Å². The summed E-state index contributed by atoms with van der Waals surface area (Å²) in [6, 6.07) is 0. The fourth-order valence-electron chi connectivity index (χ4n) is 1.28. The summed E-state index contributed by atoms with van der Waals surface area (Å²) in [5.41, 5.74) is 0. The Morgan fingerprint density at radius 3 is 2.75 bits per heavy atom. The van der Waals surface area contributed by atoms with E-state index in [2.05, 4.69) is 25.7 Å². The smallest absolute Gasteiger partial charge is 0.00465 e. The third-order valence-electron chi connectivity index (χ3n) is 2.17. The van der Waals surface area contributed by atoms with Crippen molar-refractivity contribution >= 4 is 0 Å². The first-order valence-electron chi connectivity index (χ1n) is 5.12. The van der Waals surface area contributed by atoms with Gasteiger partial charge in [0.2, 0.25) is 0 Å². The molecule has 12 heavy (non-hydrogen) atoms. The normalized spacial score (nSPS) is 12.8. The molecule has 0 radical (unpaired) electrons. The zero-order valence-electron chi connectivity index (χ0n) is 8.60. The molecular weight excluding hydrogens is 146 g/mol. The molecule has 0 aromatic carbocycles. The van der Waals surface area contributed by atoms with Crippen LogP contribution in [0.3, 0.4) is 0 Å². The van der Waals surface area contributed by atoms with Gasteiger partial charge in [-0.25, -0.2) is 0 Å². The van der Waals surface area contributed by atoms with Crippen LogP contribution in [0.25, 0.3) is 0 Å². The lowest BCUT2D eigenvalue weighted by Crippen LogP contribution is -2.16. The molecule has 0 heterocycles. The van der Waals surface area contributed by atoms with Crippen molar-refractivity contribution in [2.24, 2.45) is 5.92 Å². The lowest BCUT2D eigenvalue weighted by Gasteiger charge is -2.10. The van der Waals surface area contributed by atoms with Crippen molar-refractivity contribution in [2.45, 2.75) is 39.5 Å². The van der Waals surface area contributed by atoms with E-state index in [-0.39, 0.29) is 0 Å². The van der Waals surface area contributed by atoms with Gasteiger partial charge < -0.3 is 5.32 Å². The number of rotatable bonds is 8. The van der Waals surface area contributed by atoms with Gasteiger partial charge in [0.05, 0.1) is 0 Å². The third-order valence-corrected chi connectivity index (χ3v) is 2.17. The second kappa shape index (κ2) is 8.79. The van der Waals surface area contributed by atoms with Crippen LogP contribution < -0.4 is 5.32 Å².